The first-order valence-corrected chi connectivity index (χ1v) is 9.61. The minimum Gasteiger partial charge on any atom is -0.357 e. The summed E-state index contributed by atoms with van der Waals surface area (Å²) in [5.74, 6) is 0.800. The van der Waals surface area contributed by atoms with E-state index in [9.17, 15) is 4.79 Å². The summed E-state index contributed by atoms with van der Waals surface area (Å²) in [7, 11) is 1.65. The van der Waals surface area contributed by atoms with Gasteiger partial charge in [-0.1, -0.05) is 32.9 Å². The Morgan fingerprint density at radius 3 is 2.62 bits per heavy atom. The fourth-order valence-electron chi connectivity index (χ4n) is 2.58. The highest BCUT2D eigenvalue weighted by Gasteiger charge is 2.13. The highest BCUT2D eigenvalue weighted by Crippen LogP contribution is 2.21. The highest BCUT2D eigenvalue weighted by molar-refractivity contribution is 5.94. The Balaban J connectivity index is 2.59. The third-order valence-corrected chi connectivity index (χ3v) is 4.14. The molecule has 0 heterocycles. The van der Waals surface area contributed by atoms with E-state index in [1.54, 1.807) is 7.05 Å². The van der Waals surface area contributed by atoms with E-state index < -0.39 is 0 Å². The molecule has 1 aromatic rings. The van der Waals surface area contributed by atoms with E-state index in [1.807, 2.05) is 24.3 Å². The van der Waals surface area contributed by atoms with Crippen LogP contribution in [0.3, 0.4) is 0 Å². The molecule has 1 rings (SSSR count). The van der Waals surface area contributed by atoms with Crippen molar-refractivity contribution in [2.24, 2.45) is 10.4 Å². The van der Waals surface area contributed by atoms with Crippen molar-refractivity contribution in [2.45, 2.75) is 59.9 Å². The fraction of sp³-hybridized carbons (Fsp3) is 0.619. The Kier molecular flexibility index (Phi) is 9.17. The Morgan fingerprint density at radius 1 is 1.27 bits per heavy atom. The van der Waals surface area contributed by atoms with E-state index in [4.69, 9.17) is 0 Å². The zero-order valence-electron chi connectivity index (χ0n) is 17.3. The van der Waals surface area contributed by atoms with Crippen LogP contribution in [0.1, 0.15) is 63.4 Å². The maximum atomic E-state index is 11.7. The molecule has 0 aromatic heterocycles. The third-order valence-electron chi connectivity index (χ3n) is 4.14. The average Bonchev–Trinajstić information content (AvgIpc) is 2.59. The summed E-state index contributed by atoms with van der Waals surface area (Å²) >= 11 is 0. The van der Waals surface area contributed by atoms with Crippen LogP contribution in [0.2, 0.25) is 0 Å². The molecule has 0 aliphatic rings. The molecule has 1 aromatic carbocycles. The van der Waals surface area contributed by atoms with Crippen LogP contribution in [0.15, 0.2) is 29.3 Å². The van der Waals surface area contributed by atoms with Gasteiger partial charge in [0.2, 0.25) is 0 Å². The lowest BCUT2D eigenvalue weighted by molar-refractivity contribution is 0.0963. The van der Waals surface area contributed by atoms with Crippen LogP contribution in [-0.2, 0) is 6.42 Å². The lowest BCUT2D eigenvalue weighted by Gasteiger charge is -2.23. The van der Waals surface area contributed by atoms with Gasteiger partial charge in [-0.05, 0) is 56.2 Å². The molecule has 0 bridgehead atoms. The number of guanidine groups is 1. The summed E-state index contributed by atoms with van der Waals surface area (Å²) in [6.45, 7) is 12.6. The predicted octanol–water partition coefficient (Wildman–Crippen LogP) is 3.36. The van der Waals surface area contributed by atoms with Crippen molar-refractivity contribution < 1.29 is 4.79 Å². The summed E-state index contributed by atoms with van der Waals surface area (Å²) in [6.07, 6.45) is 3.09. The van der Waals surface area contributed by atoms with Gasteiger partial charge in [0.1, 0.15) is 0 Å². The van der Waals surface area contributed by atoms with E-state index in [2.05, 4.69) is 55.6 Å². The summed E-state index contributed by atoms with van der Waals surface area (Å²) in [5, 5.41) is 9.46. The second-order valence-electron chi connectivity index (χ2n) is 7.93. The molecule has 0 saturated heterocycles. The van der Waals surface area contributed by atoms with E-state index in [0.29, 0.717) is 23.6 Å². The molecule has 0 aliphatic heterocycles. The normalized spacial score (nSPS) is 13.2. The van der Waals surface area contributed by atoms with Gasteiger partial charge in [0.15, 0.2) is 5.96 Å². The maximum absolute atomic E-state index is 11.7. The smallest absolute Gasteiger partial charge is 0.251 e. The van der Waals surface area contributed by atoms with Crippen molar-refractivity contribution in [3.05, 3.63) is 35.4 Å². The second-order valence-corrected chi connectivity index (χ2v) is 7.93. The Hall–Kier alpha value is -2.04. The van der Waals surface area contributed by atoms with Crippen LogP contribution in [0.4, 0.5) is 0 Å². The molecule has 5 nitrogen and oxygen atoms in total. The van der Waals surface area contributed by atoms with Gasteiger partial charge in [-0.2, -0.15) is 0 Å². The molecule has 0 radical (unpaired) electrons. The lowest BCUT2D eigenvalue weighted by Crippen LogP contribution is -2.42. The molecule has 0 fully saturated rings. The summed E-state index contributed by atoms with van der Waals surface area (Å²) in [6, 6.07) is 8.09. The molecule has 5 heteroatoms. The molecule has 0 saturated carbocycles. The number of amides is 1. The van der Waals surface area contributed by atoms with Crippen molar-refractivity contribution in [1.29, 1.82) is 0 Å². The van der Waals surface area contributed by atoms with Gasteiger partial charge in [0, 0.05) is 31.7 Å². The minimum atomic E-state index is -0.0574. The largest absolute Gasteiger partial charge is 0.357 e. The topological polar surface area (TPSA) is 65.5 Å². The van der Waals surface area contributed by atoms with Gasteiger partial charge in [-0.3, -0.25) is 9.79 Å². The number of carbonyl (C=O) groups excluding carboxylic acids is 1. The van der Waals surface area contributed by atoms with Crippen molar-refractivity contribution in [1.82, 2.24) is 16.0 Å². The van der Waals surface area contributed by atoms with Gasteiger partial charge < -0.3 is 16.0 Å². The SMILES string of the molecule is CCNC(=NCCc1cccc(C(=O)NC)c1)NC(C)CCC(C)(C)C. The number of nitrogens with one attached hydrogen (secondary N) is 3. The molecule has 1 amide bonds. The zero-order chi connectivity index (χ0) is 19.6. The number of carbonyl (C=O) groups is 1. The van der Waals surface area contributed by atoms with Gasteiger partial charge in [0.25, 0.3) is 5.91 Å². The molecule has 146 valence electrons. The van der Waals surface area contributed by atoms with Crippen molar-refractivity contribution >= 4 is 11.9 Å². The Morgan fingerprint density at radius 2 is 2.00 bits per heavy atom. The molecule has 1 unspecified atom stereocenters. The number of nitrogens with zero attached hydrogens (tertiary/aromatic N) is 1. The molecule has 1 atom stereocenters. The monoisotopic (exact) mass is 360 g/mol. The first-order chi connectivity index (χ1) is 12.2. The first-order valence-electron chi connectivity index (χ1n) is 9.61. The molecular formula is C21H36N4O. The Bertz CT molecular complexity index is 590. The van der Waals surface area contributed by atoms with E-state index in [1.165, 1.54) is 6.42 Å². The Labute approximate surface area is 159 Å². The van der Waals surface area contributed by atoms with Crippen LogP contribution in [0.5, 0.6) is 0 Å². The minimum absolute atomic E-state index is 0.0574. The van der Waals surface area contributed by atoms with Gasteiger partial charge in [-0.25, -0.2) is 0 Å². The quantitative estimate of drug-likeness (QED) is 0.492. The third kappa shape index (κ3) is 8.88. The van der Waals surface area contributed by atoms with Crippen molar-refractivity contribution in [3.8, 4) is 0 Å². The molecule has 3 N–H and O–H groups in total. The fourth-order valence-corrected chi connectivity index (χ4v) is 2.58. The van der Waals surface area contributed by atoms with Crippen LogP contribution in [0.25, 0.3) is 0 Å². The average molecular weight is 361 g/mol. The number of benzene rings is 1. The van der Waals surface area contributed by atoms with E-state index in [-0.39, 0.29) is 5.91 Å². The molecular weight excluding hydrogens is 324 g/mol. The second kappa shape index (κ2) is 10.8. The van der Waals surface area contributed by atoms with Crippen LogP contribution >= 0.6 is 0 Å². The standard InChI is InChI=1S/C21H36N4O/c1-7-23-20(25-16(2)11-13-21(3,4)5)24-14-12-17-9-8-10-18(15-17)19(26)22-6/h8-10,15-16H,7,11-14H2,1-6H3,(H,22,26)(H2,23,24,25). The van der Waals surface area contributed by atoms with Gasteiger partial charge in [0.05, 0.1) is 0 Å². The van der Waals surface area contributed by atoms with E-state index >= 15 is 0 Å². The first kappa shape index (κ1) is 22.0. The van der Waals surface area contributed by atoms with Crippen LogP contribution < -0.4 is 16.0 Å². The van der Waals surface area contributed by atoms with Crippen LogP contribution in [-0.4, -0.2) is 38.0 Å². The highest BCUT2D eigenvalue weighted by atomic mass is 16.1. The zero-order valence-corrected chi connectivity index (χ0v) is 17.3. The van der Waals surface area contributed by atoms with Crippen molar-refractivity contribution in [2.75, 3.05) is 20.1 Å². The maximum Gasteiger partial charge on any atom is 0.251 e. The van der Waals surface area contributed by atoms with E-state index in [0.717, 1.165) is 30.9 Å². The number of aliphatic imine (C=N–C) groups is 1. The van der Waals surface area contributed by atoms with Crippen LogP contribution in [0, 0.1) is 5.41 Å². The van der Waals surface area contributed by atoms with Crippen molar-refractivity contribution in [3.63, 3.8) is 0 Å². The van der Waals surface area contributed by atoms with Gasteiger partial charge in [-0.15, -0.1) is 0 Å². The lowest BCUT2D eigenvalue weighted by atomic mass is 9.89. The summed E-state index contributed by atoms with van der Waals surface area (Å²) < 4.78 is 0. The molecule has 26 heavy (non-hydrogen) atoms. The summed E-state index contributed by atoms with van der Waals surface area (Å²) in [5.41, 5.74) is 2.16. The number of rotatable bonds is 8. The predicted molar refractivity (Wildman–Crippen MR) is 111 cm³/mol. The molecule has 0 aliphatic carbocycles. The molecule has 0 spiro atoms. The summed E-state index contributed by atoms with van der Waals surface area (Å²) in [4.78, 5) is 16.4. The number of hydrogen-bond acceptors (Lipinski definition) is 2. The number of hydrogen-bond donors (Lipinski definition) is 3. The van der Waals surface area contributed by atoms with Gasteiger partial charge >= 0.3 is 0 Å².